The van der Waals surface area contributed by atoms with E-state index in [0.29, 0.717) is 12.2 Å². The molecule has 1 atom stereocenters. The number of hydrogen-bond acceptors (Lipinski definition) is 3. The van der Waals surface area contributed by atoms with Crippen LogP contribution >= 0.6 is 0 Å². The smallest absolute Gasteiger partial charge is 0.450 e. The number of nitrogens with zero attached hydrogens (tertiary/aromatic N) is 1. The van der Waals surface area contributed by atoms with Crippen LogP contribution in [0.2, 0.25) is 0 Å². The SMILES string of the molecule is O=C(O)OC1CCN(c2cccc(F)c2)C1=O. The van der Waals surface area contributed by atoms with Gasteiger partial charge in [0.05, 0.1) is 0 Å². The van der Waals surface area contributed by atoms with Crippen LogP contribution in [-0.4, -0.2) is 29.8 Å². The molecule has 17 heavy (non-hydrogen) atoms. The van der Waals surface area contributed by atoms with Crippen molar-refractivity contribution in [3.63, 3.8) is 0 Å². The van der Waals surface area contributed by atoms with Crippen molar-refractivity contribution in [2.45, 2.75) is 12.5 Å². The molecule has 1 amide bonds. The first-order chi connectivity index (χ1) is 8.08. The highest BCUT2D eigenvalue weighted by molar-refractivity contribution is 5.99. The molecule has 0 radical (unpaired) electrons. The van der Waals surface area contributed by atoms with Gasteiger partial charge in [0, 0.05) is 18.7 Å². The Balaban J connectivity index is 2.15. The van der Waals surface area contributed by atoms with Crippen LogP contribution in [0.3, 0.4) is 0 Å². The van der Waals surface area contributed by atoms with Crippen molar-refractivity contribution >= 4 is 17.7 Å². The molecule has 5 nitrogen and oxygen atoms in total. The number of rotatable bonds is 2. The van der Waals surface area contributed by atoms with E-state index in [4.69, 9.17) is 5.11 Å². The first-order valence-corrected chi connectivity index (χ1v) is 5.04. The number of amides is 1. The van der Waals surface area contributed by atoms with Gasteiger partial charge < -0.3 is 14.7 Å². The van der Waals surface area contributed by atoms with Gasteiger partial charge in [0.25, 0.3) is 5.91 Å². The predicted molar refractivity (Wildman–Crippen MR) is 56.3 cm³/mol. The highest BCUT2D eigenvalue weighted by atomic mass is 19.1. The van der Waals surface area contributed by atoms with Gasteiger partial charge >= 0.3 is 6.16 Å². The zero-order chi connectivity index (χ0) is 12.4. The maximum Gasteiger partial charge on any atom is 0.506 e. The fourth-order valence-corrected chi connectivity index (χ4v) is 1.79. The molecule has 1 heterocycles. The van der Waals surface area contributed by atoms with Crippen LogP contribution in [0.25, 0.3) is 0 Å². The number of anilines is 1. The van der Waals surface area contributed by atoms with Crippen molar-refractivity contribution in [3.8, 4) is 0 Å². The van der Waals surface area contributed by atoms with Crippen LogP contribution in [0.15, 0.2) is 24.3 Å². The fourth-order valence-electron chi connectivity index (χ4n) is 1.79. The Morgan fingerprint density at radius 2 is 2.29 bits per heavy atom. The van der Waals surface area contributed by atoms with E-state index >= 15 is 0 Å². The van der Waals surface area contributed by atoms with E-state index in [2.05, 4.69) is 4.74 Å². The van der Waals surface area contributed by atoms with Crippen molar-refractivity contribution in [2.75, 3.05) is 11.4 Å². The summed E-state index contributed by atoms with van der Waals surface area (Å²) in [5, 5.41) is 8.44. The maximum absolute atomic E-state index is 13.0. The van der Waals surface area contributed by atoms with Gasteiger partial charge in [0.2, 0.25) is 0 Å². The first-order valence-electron chi connectivity index (χ1n) is 5.04. The molecule has 90 valence electrons. The monoisotopic (exact) mass is 239 g/mol. The molecule has 1 aromatic carbocycles. The minimum absolute atomic E-state index is 0.279. The Morgan fingerprint density at radius 1 is 1.53 bits per heavy atom. The first kappa shape index (κ1) is 11.4. The van der Waals surface area contributed by atoms with Gasteiger partial charge in [0.15, 0.2) is 6.10 Å². The molecule has 1 saturated heterocycles. The van der Waals surface area contributed by atoms with Crippen LogP contribution in [0, 0.1) is 5.82 Å². The molecule has 0 aliphatic carbocycles. The average molecular weight is 239 g/mol. The zero-order valence-electron chi connectivity index (χ0n) is 8.80. The highest BCUT2D eigenvalue weighted by Crippen LogP contribution is 2.23. The van der Waals surface area contributed by atoms with Gasteiger partial charge in [-0.1, -0.05) is 6.07 Å². The minimum atomic E-state index is -1.48. The molecule has 0 aromatic heterocycles. The van der Waals surface area contributed by atoms with Crippen LogP contribution < -0.4 is 4.90 Å². The van der Waals surface area contributed by atoms with E-state index in [1.54, 1.807) is 6.07 Å². The molecule has 1 aliphatic rings. The second-order valence-corrected chi connectivity index (χ2v) is 3.63. The summed E-state index contributed by atoms with van der Waals surface area (Å²) >= 11 is 0. The normalized spacial score (nSPS) is 19.5. The van der Waals surface area contributed by atoms with E-state index in [1.165, 1.54) is 23.1 Å². The van der Waals surface area contributed by atoms with E-state index in [9.17, 15) is 14.0 Å². The lowest BCUT2D eigenvalue weighted by Gasteiger charge is -2.16. The fraction of sp³-hybridized carbons (Fsp3) is 0.273. The number of hydrogen-bond donors (Lipinski definition) is 1. The molecule has 1 aromatic rings. The zero-order valence-corrected chi connectivity index (χ0v) is 8.80. The van der Waals surface area contributed by atoms with E-state index in [-0.39, 0.29) is 6.42 Å². The number of carboxylic acid groups (broad SMARTS) is 1. The summed E-state index contributed by atoms with van der Waals surface area (Å²) in [4.78, 5) is 23.4. The molecule has 1 aliphatic heterocycles. The van der Waals surface area contributed by atoms with Crippen LogP contribution in [-0.2, 0) is 9.53 Å². The largest absolute Gasteiger partial charge is 0.506 e. The second kappa shape index (κ2) is 4.40. The number of halogens is 1. The molecule has 6 heteroatoms. The Kier molecular flexibility index (Phi) is 2.95. The molecule has 1 fully saturated rings. The van der Waals surface area contributed by atoms with Crippen molar-refractivity contribution in [1.82, 2.24) is 0 Å². The van der Waals surface area contributed by atoms with Crippen LogP contribution in [0.4, 0.5) is 14.9 Å². The lowest BCUT2D eigenvalue weighted by molar-refractivity contribution is -0.125. The molecular weight excluding hydrogens is 229 g/mol. The maximum atomic E-state index is 13.0. The van der Waals surface area contributed by atoms with Gasteiger partial charge in [-0.25, -0.2) is 9.18 Å². The van der Waals surface area contributed by atoms with Crippen LogP contribution in [0.5, 0.6) is 0 Å². The lowest BCUT2D eigenvalue weighted by Crippen LogP contribution is -2.31. The van der Waals surface area contributed by atoms with Crippen molar-refractivity contribution in [1.29, 1.82) is 0 Å². The second-order valence-electron chi connectivity index (χ2n) is 3.63. The summed E-state index contributed by atoms with van der Waals surface area (Å²) in [5.41, 5.74) is 0.409. The van der Waals surface area contributed by atoms with Crippen molar-refractivity contribution < 1.29 is 23.8 Å². The van der Waals surface area contributed by atoms with E-state index in [0.717, 1.165) is 0 Å². The Labute approximate surface area is 96.4 Å². The predicted octanol–water partition coefficient (Wildman–Crippen LogP) is 1.63. The standard InChI is InChI=1S/C11H10FNO4/c12-7-2-1-3-8(6-7)13-5-4-9(10(13)14)17-11(15)16/h1-3,6,9H,4-5H2,(H,15,16). The molecule has 0 saturated carbocycles. The molecule has 2 rings (SSSR count). The van der Waals surface area contributed by atoms with E-state index in [1.807, 2.05) is 0 Å². The van der Waals surface area contributed by atoms with Crippen LogP contribution in [0.1, 0.15) is 6.42 Å². The molecule has 1 unspecified atom stereocenters. The minimum Gasteiger partial charge on any atom is -0.450 e. The van der Waals surface area contributed by atoms with Gasteiger partial charge in [-0.15, -0.1) is 0 Å². The van der Waals surface area contributed by atoms with Gasteiger partial charge in [-0.05, 0) is 18.2 Å². The Hall–Kier alpha value is -2.11. The van der Waals surface area contributed by atoms with Crippen molar-refractivity contribution in [2.24, 2.45) is 0 Å². The third-order valence-electron chi connectivity index (χ3n) is 2.52. The summed E-state index contributed by atoms with van der Waals surface area (Å²) < 4.78 is 17.4. The van der Waals surface area contributed by atoms with Gasteiger partial charge in [-0.3, -0.25) is 4.79 Å². The third kappa shape index (κ3) is 2.35. The summed E-state index contributed by atoms with van der Waals surface area (Å²) in [7, 11) is 0. The van der Waals surface area contributed by atoms with Gasteiger partial charge in [0.1, 0.15) is 5.82 Å². The quantitative estimate of drug-likeness (QED) is 0.796. The summed E-state index contributed by atoms with van der Waals surface area (Å²) in [6.45, 7) is 0.320. The Bertz CT molecular complexity index is 463. The summed E-state index contributed by atoms with van der Waals surface area (Å²) in [5.74, 6) is -0.907. The molecular formula is C11H10FNO4. The molecule has 0 spiro atoms. The number of ether oxygens (including phenoxy) is 1. The highest BCUT2D eigenvalue weighted by Gasteiger charge is 2.35. The summed E-state index contributed by atoms with van der Waals surface area (Å²) in [6, 6.07) is 5.57. The number of carbonyl (C=O) groups is 2. The van der Waals surface area contributed by atoms with Gasteiger partial charge in [-0.2, -0.15) is 0 Å². The average Bonchev–Trinajstić information content (AvgIpc) is 2.60. The summed E-state index contributed by atoms with van der Waals surface area (Å²) in [6.07, 6.45) is -2.19. The molecule has 0 bridgehead atoms. The number of benzene rings is 1. The van der Waals surface area contributed by atoms with E-state index < -0.39 is 24.0 Å². The van der Waals surface area contributed by atoms with Crippen molar-refractivity contribution in [3.05, 3.63) is 30.1 Å². The third-order valence-corrected chi connectivity index (χ3v) is 2.52. The number of carbonyl (C=O) groups excluding carboxylic acids is 1. The topological polar surface area (TPSA) is 66.8 Å². The Morgan fingerprint density at radius 3 is 2.94 bits per heavy atom. The lowest BCUT2D eigenvalue weighted by atomic mass is 10.3. The molecule has 1 N–H and O–H groups in total.